The average Bonchev–Trinajstić information content (AvgIpc) is 2.42. The van der Waals surface area contributed by atoms with Gasteiger partial charge in [0.25, 0.3) is 0 Å². The third kappa shape index (κ3) is 3.08. The molecule has 1 N–H and O–H groups in total. The largest absolute Gasteiger partial charge is 0.506 e. The predicted molar refractivity (Wildman–Crippen MR) is 86.1 cm³/mol. The Morgan fingerprint density at radius 3 is 2.60 bits per heavy atom. The van der Waals surface area contributed by atoms with Gasteiger partial charge in [-0.3, -0.25) is 4.99 Å². The summed E-state index contributed by atoms with van der Waals surface area (Å²) < 4.78 is 6.01. The van der Waals surface area contributed by atoms with Gasteiger partial charge in [0.15, 0.2) is 0 Å². The van der Waals surface area contributed by atoms with E-state index in [1.54, 1.807) is 0 Å². The summed E-state index contributed by atoms with van der Waals surface area (Å²) in [5.74, 6) is 0.202. The van der Waals surface area contributed by atoms with Gasteiger partial charge >= 0.3 is 0 Å². The van der Waals surface area contributed by atoms with Gasteiger partial charge in [0.2, 0.25) is 0 Å². The zero-order valence-corrected chi connectivity index (χ0v) is 13.5. The predicted octanol–water partition coefficient (Wildman–Crippen LogP) is 5.22. The first kappa shape index (κ1) is 15.2. The quantitative estimate of drug-likeness (QED) is 0.748. The second kappa shape index (κ2) is 6.48. The van der Waals surface area contributed by atoms with Crippen LogP contribution in [0.15, 0.2) is 39.8 Å². The van der Waals surface area contributed by atoms with Gasteiger partial charge in [-0.25, -0.2) is 0 Å². The maximum atomic E-state index is 10.0. The topological polar surface area (TPSA) is 41.8 Å². The number of phenolic OH excluding ortho intramolecular Hbond substituents is 1. The number of hydrogen-bond donors (Lipinski definition) is 1. The third-order valence-corrected chi connectivity index (χ3v) is 3.83. The summed E-state index contributed by atoms with van der Waals surface area (Å²) in [6.07, 6.45) is 1.46. The van der Waals surface area contributed by atoms with E-state index in [0.29, 0.717) is 22.0 Å². The van der Waals surface area contributed by atoms with Gasteiger partial charge in [-0.05, 0) is 34.1 Å². The Hall–Kier alpha value is -1.23. The minimum absolute atomic E-state index is 0.122. The molecule has 0 bridgehead atoms. The molecule has 0 saturated carbocycles. The van der Waals surface area contributed by atoms with Crippen LogP contribution in [0.3, 0.4) is 0 Å². The van der Waals surface area contributed by atoms with Crippen LogP contribution in [0.5, 0.6) is 11.5 Å². The summed E-state index contributed by atoms with van der Waals surface area (Å²) in [4.78, 5) is 4.30. The number of phenols is 1. The first-order valence-corrected chi connectivity index (χ1v) is 7.13. The van der Waals surface area contributed by atoms with Gasteiger partial charge in [-0.2, -0.15) is 0 Å². The average molecular weight is 375 g/mol. The van der Waals surface area contributed by atoms with Crippen molar-refractivity contribution < 1.29 is 9.84 Å². The number of aliphatic imine (C=N–C) groups is 1. The lowest BCUT2D eigenvalue weighted by Crippen LogP contribution is -1.93. The molecule has 0 heterocycles. The lowest BCUT2D eigenvalue weighted by molar-refractivity contribution is 0.407. The number of hydrogen-bond acceptors (Lipinski definition) is 3. The molecule has 0 aliphatic rings. The van der Waals surface area contributed by atoms with Crippen molar-refractivity contribution in [3.05, 3.63) is 50.4 Å². The van der Waals surface area contributed by atoms with E-state index in [4.69, 9.17) is 27.9 Å². The van der Waals surface area contributed by atoms with Crippen molar-refractivity contribution in [2.45, 2.75) is 0 Å². The van der Waals surface area contributed by atoms with Crippen LogP contribution < -0.4 is 4.74 Å². The van der Waals surface area contributed by atoms with Crippen LogP contribution in [0, 0.1) is 0 Å². The lowest BCUT2D eigenvalue weighted by atomic mass is 10.2. The van der Waals surface area contributed by atoms with Crippen molar-refractivity contribution in [1.82, 2.24) is 0 Å². The van der Waals surface area contributed by atoms with Crippen molar-refractivity contribution in [2.75, 3.05) is 7.11 Å². The van der Waals surface area contributed by atoms with E-state index >= 15 is 0 Å². The second-order valence-corrected chi connectivity index (χ2v) is 5.51. The van der Waals surface area contributed by atoms with Crippen LogP contribution in [-0.4, -0.2) is 18.4 Å². The molecule has 0 unspecified atom stereocenters. The van der Waals surface area contributed by atoms with Crippen molar-refractivity contribution in [3.63, 3.8) is 0 Å². The summed E-state index contributed by atoms with van der Waals surface area (Å²) in [6.45, 7) is 0. The number of methoxy groups -OCH3 is 1. The Bertz CT molecular complexity index is 674. The third-order valence-electron chi connectivity index (χ3n) is 2.59. The van der Waals surface area contributed by atoms with Gasteiger partial charge < -0.3 is 9.84 Å². The number of rotatable bonds is 3. The van der Waals surface area contributed by atoms with Gasteiger partial charge in [0.05, 0.1) is 28.4 Å². The minimum Gasteiger partial charge on any atom is -0.506 e. The normalized spacial score (nSPS) is 11.0. The summed E-state index contributed by atoms with van der Waals surface area (Å²) in [6, 6.07) is 8.87. The first-order chi connectivity index (χ1) is 9.54. The fourth-order valence-corrected chi connectivity index (χ4v) is 2.57. The van der Waals surface area contributed by atoms with E-state index < -0.39 is 0 Å². The number of ether oxygens (including phenoxy) is 1. The smallest absolute Gasteiger partial charge is 0.150 e. The van der Waals surface area contributed by atoms with Crippen molar-refractivity contribution in [2.24, 2.45) is 4.99 Å². The van der Waals surface area contributed by atoms with Crippen LogP contribution in [-0.2, 0) is 0 Å². The van der Waals surface area contributed by atoms with E-state index in [-0.39, 0.29) is 10.8 Å². The molecule has 20 heavy (non-hydrogen) atoms. The zero-order valence-electron chi connectivity index (χ0n) is 10.4. The van der Waals surface area contributed by atoms with Crippen LogP contribution in [0.2, 0.25) is 10.0 Å². The summed E-state index contributed by atoms with van der Waals surface area (Å²) >= 11 is 15.3. The molecule has 0 radical (unpaired) electrons. The highest BCUT2D eigenvalue weighted by molar-refractivity contribution is 9.10. The maximum absolute atomic E-state index is 10.0. The van der Waals surface area contributed by atoms with Crippen LogP contribution in [0.1, 0.15) is 5.56 Å². The van der Waals surface area contributed by atoms with Gasteiger partial charge in [0, 0.05) is 10.7 Å². The van der Waals surface area contributed by atoms with Crippen LogP contribution in [0.4, 0.5) is 5.69 Å². The Balaban J connectivity index is 2.51. The Morgan fingerprint density at radius 2 is 1.95 bits per heavy atom. The molecular formula is C14H10BrCl2NO2. The molecule has 3 nitrogen and oxygen atoms in total. The van der Waals surface area contributed by atoms with E-state index in [0.717, 1.165) is 4.47 Å². The highest BCUT2D eigenvalue weighted by Gasteiger charge is 2.15. The Morgan fingerprint density at radius 1 is 1.25 bits per heavy atom. The number of aromatic hydroxyl groups is 1. The molecular weight excluding hydrogens is 365 g/mol. The van der Waals surface area contributed by atoms with E-state index in [9.17, 15) is 5.11 Å². The number of nitrogens with zero attached hydrogens (tertiary/aromatic N) is 1. The van der Waals surface area contributed by atoms with E-state index in [1.165, 1.54) is 19.4 Å². The molecule has 104 valence electrons. The molecule has 0 aromatic heterocycles. The lowest BCUT2D eigenvalue weighted by Gasteiger charge is -2.10. The molecule has 0 amide bonds. The maximum Gasteiger partial charge on any atom is 0.150 e. The molecule has 2 aromatic rings. The fraction of sp³-hybridized carbons (Fsp3) is 0.0714. The van der Waals surface area contributed by atoms with E-state index in [2.05, 4.69) is 20.9 Å². The number of para-hydroxylation sites is 1. The molecule has 0 saturated heterocycles. The summed E-state index contributed by atoms with van der Waals surface area (Å²) in [5, 5.41) is 10.5. The highest BCUT2D eigenvalue weighted by atomic mass is 79.9. The molecule has 0 spiro atoms. The molecule has 0 aliphatic heterocycles. The minimum atomic E-state index is -0.122. The zero-order chi connectivity index (χ0) is 14.7. The SMILES string of the molecule is COc1c(Cl)cc(Cl)c(O)c1C=Nc1ccccc1Br. The molecule has 0 fully saturated rings. The second-order valence-electron chi connectivity index (χ2n) is 3.85. The molecule has 0 atom stereocenters. The van der Waals surface area contributed by atoms with Crippen LogP contribution in [0.25, 0.3) is 0 Å². The number of benzene rings is 2. The molecule has 2 aromatic carbocycles. The Labute approximate surface area is 134 Å². The number of halogens is 3. The standard InChI is InChI=1S/C14H10BrCl2NO2/c1-20-14-8(13(19)10(16)6-11(14)17)7-18-12-5-3-2-4-9(12)15/h2-7,19H,1H3. The Kier molecular flexibility index (Phi) is 4.91. The van der Waals surface area contributed by atoms with Gasteiger partial charge in [-0.15, -0.1) is 0 Å². The van der Waals surface area contributed by atoms with E-state index in [1.807, 2.05) is 24.3 Å². The monoisotopic (exact) mass is 373 g/mol. The highest BCUT2D eigenvalue weighted by Crippen LogP contribution is 2.39. The van der Waals surface area contributed by atoms with Crippen molar-refractivity contribution >= 4 is 51.0 Å². The summed E-state index contributed by atoms with van der Waals surface area (Å²) in [7, 11) is 1.46. The van der Waals surface area contributed by atoms with Gasteiger partial charge in [-0.1, -0.05) is 35.3 Å². The molecule has 2 rings (SSSR count). The molecule has 6 heteroatoms. The summed E-state index contributed by atoms with van der Waals surface area (Å²) in [5.41, 5.74) is 1.05. The van der Waals surface area contributed by atoms with Gasteiger partial charge in [0.1, 0.15) is 11.5 Å². The first-order valence-electron chi connectivity index (χ1n) is 5.58. The van der Waals surface area contributed by atoms with Crippen molar-refractivity contribution in [3.8, 4) is 11.5 Å². The van der Waals surface area contributed by atoms with Crippen LogP contribution >= 0.6 is 39.1 Å². The fourth-order valence-electron chi connectivity index (χ4n) is 1.63. The van der Waals surface area contributed by atoms with Crippen molar-refractivity contribution in [1.29, 1.82) is 0 Å². The molecule has 0 aliphatic carbocycles.